The molecular formula is C29H29F4IrN2O2Se-. The van der Waals surface area contributed by atoms with Crippen molar-refractivity contribution in [3.63, 3.8) is 0 Å². The van der Waals surface area contributed by atoms with Crippen LogP contribution < -0.4 is 0 Å². The molecule has 4 aromatic rings. The average molecular weight is 785 g/mol. The van der Waals surface area contributed by atoms with Crippen LogP contribution in [-0.4, -0.2) is 35.4 Å². The predicted octanol–water partition coefficient (Wildman–Crippen LogP) is 7.73. The molecule has 0 aliphatic rings. The van der Waals surface area contributed by atoms with Gasteiger partial charge in [-0.05, 0) is 25.7 Å². The Bertz CT molecular complexity index is 1430. The summed E-state index contributed by atoms with van der Waals surface area (Å²) in [6.45, 7) is 8.07. The first-order valence-electron chi connectivity index (χ1n) is 12.5. The van der Waals surface area contributed by atoms with Gasteiger partial charge in [0.1, 0.15) is 0 Å². The van der Waals surface area contributed by atoms with E-state index in [0.717, 1.165) is 41.7 Å². The fourth-order valence-electron chi connectivity index (χ4n) is 4.14. The Morgan fingerprint density at radius 1 is 0.923 bits per heavy atom. The van der Waals surface area contributed by atoms with Gasteiger partial charge in [0.25, 0.3) is 0 Å². The van der Waals surface area contributed by atoms with Gasteiger partial charge < -0.3 is 5.11 Å². The third kappa shape index (κ3) is 7.23. The fourth-order valence-corrected chi connectivity index (χ4v) is 6.26. The number of halogens is 4. The number of aromatic nitrogens is 2. The number of nitrogens with zero attached hydrogens (tertiary/aromatic N) is 2. The van der Waals surface area contributed by atoms with Crippen LogP contribution in [0.25, 0.3) is 30.7 Å². The maximum atomic E-state index is 14.2. The van der Waals surface area contributed by atoms with Crippen molar-refractivity contribution in [1.82, 2.24) is 9.97 Å². The largest absolute Gasteiger partial charge is 0 e. The molecule has 2 heterocycles. The van der Waals surface area contributed by atoms with Gasteiger partial charge in [0.2, 0.25) is 0 Å². The number of carbonyl (C=O) groups is 1. The summed E-state index contributed by atoms with van der Waals surface area (Å²) in [4.78, 5) is 19.2. The van der Waals surface area contributed by atoms with Crippen LogP contribution in [0.3, 0.4) is 0 Å². The van der Waals surface area contributed by atoms with E-state index < -0.39 is 34.2 Å². The molecule has 2 aromatic heterocycles. The quantitative estimate of drug-likeness (QED) is 0.0378. The number of aliphatic hydroxyl groups excluding tert-OH is 1. The minimum absolute atomic E-state index is 0. The van der Waals surface area contributed by atoms with Gasteiger partial charge in [-0.25, -0.2) is 0 Å². The number of benzene rings is 2. The fraction of sp³-hybridized carbons (Fsp3) is 0.345. The van der Waals surface area contributed by atoms with Gasteiger partial charge in [0.15, 0.2) is 5.78 Å². The molecule has 0 unspecified atom stereocenters. The zero-order valence-corrected chi connectivity index (χ0v) is 26.1. The topological polar surface area (TPSA) is 63.1 Å². The molecule has 0 aliphatic carbocycles. The molecule has 0 fully saturated rings. The van der Waals surface area contributed by atoms with E-state index in [1.165, 1.54) is 6.08 Å². The van der Waals surface area contributed by atoms with Gasteiger partial charge in [0, 0.05) is 38.0 Å². The zero-order chi connectivity index (χ0) is 28.0. The van der Waals surface area contributed by atoms with Gasteiger partial charge in [0.05, 0.1) is 5.76 Å². The van der Waals surface area contributed by atoms with Gasteiger partial charge in [-0.2, -0.15) is 0 Å². The molecule has 1 N–H and O–H groups in total. The van der Waals surface area contributed by atoms with Crippen molar-refractivity contribution < 1.29 is 47.6 Å². The Kier molecular flexibility index (Phi) is 12.5. The van der Waals surface area contributed by atoms with E-state index in [0.29, 0.717) is 4.44 Å². The standard InChI is InChI=1S/C16H5F4N2Se.C13H24O2.Ir/c17-11-10-15(9-5-7-3-1-2-4-8(7)23-9)21-6-22-16(10)14(20)13(19)12(11)18;1-5-10(6-2)12(14)9-13(15)11(7-3)8-4;/h1-4,6H;9-11,14H,5-8H2,1-4H3;/q-1;;/b;12-9-;. The summed E-state index contributed by atoms with van der Waals surface area (Å²) in [5, 5.41) is 10.1. The van der Waals surface area contributed by atoms with E-state index in [-0.39, 0.29) is 63.7 Å². The number of allylic oxidation sites excluding steroid dienone is 2. The minimum atomic E-state index is -1.88. The molecule has 0 aliphatic heterocycles. The van der Waals surface area contributed by atoms with E-state index >= 15 is 0 Å². The van der Waals surface area contributed by atoms with Crippen molar-refractivity contribution in [1.29, 1.82) is 0 Å². The van der Waals surface area contributed by atoms with Crippen molar-refractivity contribution in [2.45, 2.75) is 53.4 Å². The van der Waals surface area contributed by atoms with Gasteiger partial charge >= 0.3 is 133 Å². The Hall–Kier alpha value is -2.38. The molecule has 1 radical (unpaired) electrons. The van der Waals surface area contributed by atoms with Gasteiger partial charge in [-0.1, -0.05) is 27.7 Å². The Morgan fingerprint density at radius 3 is 2.10 bits per heavy atom. The second-order valence-corrected chi connectivity index (χ2v) is 11.0. The second kappa shape index (κ2) is 14.8. The Morgan fingerprint density at radius 2 is 1.51 bits per heavy atom. The summed E-state index contributed by atoms with van der Waals surface area (Å²) in [5.74, 6) is -6.21. The van der Waals surface area contributed by atoms with E-state index in [4.69, 9.17) is 0 Å². The van der Waals surface area contributed by atoms with E-state index in [1.807, 2.05) is 52.0 Å². The van der Waals surface area contributed by atoms with Crippen molar-refractivity contribution in [3.8, 4) is 10.1 Å². The van der Waals surface area contributed by atoms with E-state index in [9.17, 15) is 27.5 Å². The molecule has 0 spiro atoms. The van der Waals surface area contributed by atoms with Crippen LogP contribution in [0.5, 0.6) is 0 Å². The minimum Gasteiger partial charge on any atom is 0 e. The average Bonchev–Trinajstić information content (AvgIpc) is 3.36. The normalized spacial score (nSPS) is 11.6. The van der Waals surface area contributed by atoms with Crippen LogP contribution in [-0.2, 0) is 24.9 Å². The van der Waals surface area contributed by atoms with Crippen LogP contribution in [0, 0.1) is 41.2 Å². The summed E-state index contributed by atoms with van der Waals surface area (Å²) in [6, 6.07) is 10.5. The van der Waals surface area contributed by atoms with Gasteiger partial charge in [-0.3, -0.25) is 4.79 Å². The van der Waals surface area contributed by atoms with Crippen LogP contribution in [0.2, 0.25) is 0 Å². The molecule has 211 valence electrons. The summed E-state index contributed by atoms with van der Waals surface area (Å²) < 4.78 is 56.6. The number of hydrogen-bond donors (Lipinski definition) is 1. The first-order chi connectivity index (χ1) is 18.2. The van der Waals surface area contributed by atoms with Crippen LogP contribution in [0.1, 0.15) is 53.4 Å². The molecular weight excluding hydrogens is 756 g/mol. The molecule has 10 heteroatoms. The molecule has 0 amide bonds. The third-order valence-electron chi connectivity index (χ3n) is 6.50. The number of rotatable bonds is 8. The maximum absolute atomic E-state index is 14.2. The molecule has 39 heavy (non-hydrogen) atoms. The van der Waals surface area contributed by atoms with Crippen molar-refractivity contribution >= 4 is 40.8 Å². The molecule has 0 atom stereocenters. The molecule has 0 saturated heterocycles. The summed E-state index contributed by atoms with van der Waals surface area (Å²) in [6.07, 6.45) is 5.91. The second-order valence-electron chi connectivity index (χ2n) is 8.75. The van der Waals surface area contributed by atoms with E-state index in [2.05, 4.69) is 16.0 Å². The zero-order valence-electron chi connectivity index (χ0n) is 22.0. The summed E-state index contributed by atoms with van der Waals surface area (Å²) >= 11 is -0.244. The first kappa shape index (κ1) is 32.8. The van der Waals surface area contributed by atoms with Crippen molar-refractivity contribution in [2.24, 2.45) is 11.8 Å². The number of aliphatic hydroxyl groups is 1. The molecule has 4 rings (SSSR count). The summed E-state index contributed by atoms with van der Waals surface area (Å²) in [5.41, 5.74) is -0.533. The number of fused-ring (bicyclic) bond motifs is 2. The van der Waals surface area contributed by atoms with E-state index in [1.54, 1.807) is 0 Å². The molecule has 0 saturated carbocycles. The van der Waals surface area contributed by atoms with Crippen LogP contribution >= 0.6 is 0 Å². The van der Waals surface area contributed by atoms with Crippen LogP contribution in [0.15, 0.2) is 42.4 Å². The van der Waals surface area contributed by atoms with Crippen molar-refractivity contribution in [2.75, 3.05) is 0 Å². The number of carbonyl (C=O) groups excluding carboxylic acids is 1. The summed E-state index contributed by atoms with van der Waals surface area (Å²) in [7, 11) is 0. The molecule has 2 aromatic carbocycles. The van der Waals surface area contributed by atoms with Gasteiger partial charge in [-0.15, -0.1) is 0 Å². The van der Waals surface area contributed by atoms with Crippen LogP contribution in [0.4, 0.5) is 17.6 Å². The predicted molar refractivity (Wildman–Crippen MR) is 142 cm³/mol. The maximum Gasteiger partial charge on any atom is 0 e. The van der Waals surface area contributed by atoms with Crippen molar-refractivity contribution in [3.05, 3.63) is 71.8 Å². The third-order valence-corrected chi connectivity index (χ3v) is 8.75. The number of hydrogen-bond acceptors (Lipinski definition) is 4. The SMILES string of the molecule is CCC(CC)C(=O)/C=C(\O)C(CC)CC.Fc1c(F)c(F)c2c(-c3[c-]c4ccccc4[se]3)ncnc2c1F.[Ir]. The Balaban J connectivity index is 0.000000294. The first-order valence-corrected chi connectivity index (χ1v) is 14.2. The smallest absolute Gasteiger partial charge is 0 e. The molecule has 4 nitrogen and oxygen atoms in total. The molecule has 0 bridgehead atoms. The number of ketones is 1. The monoisotopic (exact) mass is 786 g/mol. The Labute approximate surface area is 244 Å².